The Bertz CT molecular complexity index is 561. The van der Waals surface area contributed by atoms with Crippen LogP contribution in [0.2, 0.25) is 5.02 Å². The minimum atomic E-state index is -1.06. The molecule has 0 aliphatic heterocycles. The molecule has 0 radical (unpaired) electrons. The topological polar surface area (TPSA) is 92.4 Å². The van der Waals surface area contributed by atoms with Gasteiger partial charge in [-0.1, -0.05) is 18.0 Å². The second kappa shape index (κ2) is 5.42. The van der Waals surface area contributed by atoms with Crippen molar-refractivity contribution in [3.8, 4) is 0 Å². The molecule has 6 heteroatoms. The molecule has 1 aromatic rings. The molecule has 0 spiro atoms. The van der Waals surface area contributed by atoms with Gasteiger partial charge in [0, 0.05) is 6.04 Å². The maximum Gasteiger partial charge on any atom is 0.335 e. The highest BCUT2D eigenvalue weighted by atomic mass is 35.5. The Labute approximate surface area is 122 Å². The number of carboxylic acids is 1. The largest absolute Gasteiger partial charge is 0.478 e. The Morgan fingerprint density at radius 1 is 1.50 bits per heavy atom. The molecule has 1 aliphatic rings. The van der Waals surface area contributed by atoms with Gasteiger partial charge in [0.2, 0.25) is 5.91 Å². The third kappa shape index (κ3) is 2.64. The van der Waals surface area contributed by atoms with Gasteiger partial charge in [0.05, 0.1) is 21.7 Å². The van der Waals surface area contributed by atoms with Crippen LogP contribution in [0.3, 0.4) is 0 Å². The number of carbonyl (C=O) groups excluding carboxylic acids is 1. The van der Waals surface area contributed by atoms with Crippen molar-refractivity contribution in [2.75, 3.05) is 5.32 Å². The first kappa shape index (κ1) is 14.8. The average Bonchev–Trinajstić information content (AvgIpc) is 2.73. The summed E-state index contributed by atoms with van der Waals surface area (Å²) in [7, 11) is 0. The Hall–Kier alpha value is -1.59. The fraction of sp³-hybridized carbons (Fsp3) is 0.429. The van der Waals surface area contributed by atoms with Gasteiger partial charge in [-0.15, -0.1) is 0 Å². The van der Waals surface area contributed by atoms with E-state index in [1.807, 2.05) is 6.92 Å². The third-order valence-electron chi connectivity index (χ3n) is 4.01. The second-order valence-corrected chi connectivity index (χ2v) is 5.78. The number of hydrogen-bond donors (Lipinski definition) is 3. The van der Waals surface area contributed by atoms with Crippen LogP contribution in [-0.4, -0.2) is 23.0 Å². The molecule has 1 fully saturated rings. The van der Waals surface area contributed by atoms with Crippen LogP contribution in [0, 0.1) is 5.41 Å². The fourth-order valence-electron chi connectivity index (χ4n) is 2.49. The number of nitrogens with two attached hydrogens (primary N) is 1. The van der Waals surface area contributed by atoms with Crippen molar-refractivity contribution in [2.45, 2.75) is 32.2 Å². The standard InChI is InChI=1S/C14H17ClN2O3/c1-14(6-2-3-11(14)16)13(20)17-10-5-4-8(12(18)19)7-9(10)15/h4-5,7,11H,2-3,6,16H2,1H3,(H,17,20)(H,18,19). The predicted octanol–water partition coefficient (Wildman–Crippen LogP) is 2.49. The van der Waals surface area contributed by atoms with E-state index in [1.54, 1.807) is 0 Å². The van der Waals surface area contributed by atoms with Crippen molar-refractivity contribution in [1.82, 2.24) is 0 Å². The van der Waals surface area contributed by atoms with Gasteiger partial charge in [-0.2, -0.15) is 0 Å². The van der Waals surface area contributed by atoms with E-state index in [4.69, 9.17) is 22.4 Å². The molecule has 0 saturated heterocycles. The molecular weight excluding hydrogens is 280 g/mol. The summed E-state index contributed by atoms with van der Waals surface area (Å²) in [5.74, 6) is -1.23. The molecular formula is C14H17ClN2O3. The molecule has 0 aromatic heterocycles. The molecule has 2 unspecified atom stereocenters. The normalized spacial score (nSPS) is 25.4. The molecule has 5 nitrogen and oxygen atoms in total. The maximum atomic E-state index is 12.4. The first-order valence-electron chi connectivity index (χ1n) is 6.44. The Kier molecular flexibility index (Phi) is 4.01. The highest BCUT2D eigenvalue weighted by molar-refractivity contribution is 6.34. The van der Waals surface area contributed by atoms with Gasteiger partial charge >= 0.3 is 5.97 Å². The summed E-state index contributed by atoms with van der Waals surface area (Å²) in [6.45, 7) is 1.85. The van der Waals surface area contributed by atoms with Gasteiger partial charge in [-0.05, 0) is 38.0 Å². The molecule has 0 bridgehead atoms. The smallest absolute Gasteiger partial charge is 0.335 e. The highest BCUT2D eigenvalue weighted by Crippen LogP contribution is 2.38. The van der Waals surface area contributed by atoms with Crippen molar-refractivity contribution in [1.29, 1.82) is 0 Å². The zero-order valence-corrected chi connectivity index (χ0v) is 11.9. The fourth-order valence-corrected chi connectivity index (χ4v) is 2.72. The predicted molar refractivity (Wildman–Crippen MR) is 77.0 cm³/mol. The van der Waals surface area contributed by atoms with Crippen LogP contribution in [0.4, 0.5) is 5.69 Å². The number of nitrogens with one attached hydrogen (secondary N) is 1. The molecule has 1 aromatic carbocycles. The average molecular weight is 297 g/mol. The van der Waals surface area contributed by atoms with E-state index in [0.717, 1.165) is 19.3 Å². The van der Waals surface area contributed by atoms with E-state index in [9.17, 15) is 9.59 Å². The van der Waals surface area contributed by atoms with Crippen LogP contribution in [0.15, 0.2) is 18.2 Å². The van der Waals surface area contributed by atoms with Crippen molar-refractivity contribution in [2.24, 2.45) is 11.1 Å². The van der Waals surface area contributed by atoms with Gasteiger partial charge in [0.1, 0.15) is 0 Å². The van der Waals surface area contributed by atoms with Crippen LogP contribution in [0.25, 0.3) is 0 Å². The van der Waals surface area contributed by atoms with E-state index in [2.05, 4.69) is 5.32 Å². The van der Waals surface area contributed by atoms with Gasteiger partial charge in [-0.3, -0.25) is 4.79 Å². The number of benzene rings is 1. The summed E-state index contributed by atoms with van der Waals surface area (Å²) in [5.41, 5.74) is 5.88. The molecule has 20 heavy (non-hydrogen) atoms. The van der Waals surface area contributed by atoms with Crippen LogP contribution in [-0.2, 0) is 4.79 Å². The van der Waals surface area contributed by atoms with Crippen molar-refractivity contribution in [3.63, 3.8) is 0 Å². The highest BCUT2D eigenvalue weighted by Gasteiger charge is 2.43. The van der Waals surface area contributed by atoms with Crippen LogP contribution in [0.5, 0.6) is 0 Å². The lowest BCUT2D eigenvalue weighted by atomic mass is 9.84. The summed E-state index contributed by atoms with van der Waals surface area (Å²) in [6.07, 6.45) is 2.50. The number of amides is 1. The van der Waals surface area contributed by atoms with Gasteiger partial charge in [-0.25, -0.2) is 4.79 Å². The minimum Gasteiger partial charge on any atom is -0.478 e. The maximum absolute atomic E-state index is 12.4. The first-order valence-corrected chi connectivity index (χ1v) is 6.82. The van der Waals surface area contributed by atoms with E-state index >= 15 is 0 Å². The van der Waals surface area contributed by atoms with Gasteiger partial charge in [0.15, 0.2) is 0 Å². The SMILES string of the molecule is CC1(C(=O)Nc2ccc(C(=O)O)cc2Cl)CCCC1N. The lowest BCUT2D eigenvalue weighted by molar-refractivity contribution is -0.125. The molecule has 2 rings (SSSR count). The summed E-state index contributed by atoms with van der Waals surface area (Å²) in [4.78, 5) is 23.2. The van der Waals surface area contributed by atoms with E-state index in [0.29, 0.717) is 5.69 Å². The molecule has 1 amide bonds. The van der Waals surface area contributed by atoms with Crippen molar-refractivity contribution < 1.29 is 14.7 Å². The van der Waals surface area contributed by atoms with E-state index < -0.39 is 11.4 Å². The Morgan fingerprint density at radius 3 is 2.70 bits per heavy atom. The molecule has 2 atom stereocenters. The second-order valence-electron chi connectivity index (χ2n) is 5.37. The summed E-state index contributed by atoms with van der Waals surface area (Å²) in [6, 6.07) is 4.05. The zero-order chi connectivity index (χ0) is 14.9. The molecule has 4 N–H and O–H groups in total. The lowest BCUT2D eigenvalue weighted by Crippen LogP contribution is -2.44. The summed E-state index contributed by atoms with van der Waals surface area (Å²) in [5, 5.41) is 11.8. The number of carboxylic acid groups (broad SMARTS) is 1. The first-order chi connectivity index (χ1) is 9.34. The molecule has 0 heterocycles. The number of rotatable bonds is 3. The van der Waals surface area contributed by atoms with E-state index in [1.165, 1.54) is 18.2 Å². The van der Waals surface area contributed by atoms with Crippen molar-refractivity contribution >= 4 is 29.2 Å². The van der Waals surface area contributed by atoms with Crippen LogP contribution in [0.1, 0.15) is 36.5 Å². The van der Waals surface area contributed by atoms with Gasteiger partial charge < -0.3 is 16.2 Å². The Morgan fingerprint density at radius 2 is 2.20 bits per heavy atom. The number of aromatic carboxylic acids is 1. The third-order valence-corrected chi connectivity index (χ3v) is 4.33. The quantitative estimate of drug-likeness (QED) is 0.799. The van der Waals surface area contributed by atoms with Crippen LogP contribution >= 0.6 is 11.6 Å². The summed E-state index contributed by atoms with van der Waals surface area (Å²) < 4.78 is 0. The monoisotopic (exact) mass is 296 g/mol. The van der Waals surface area contributed by atoms with Crippen molar-refractivity contribution in [3.05, 3.63) is 28.8 Å². The molecule has 108 valence electrons. The zero-order valence-electron chi connectivity index (χ0n) is 11.1. The number of anilines is 1. The van der Waals surface area contributed by atoms with Gasteiger partial charge in [0.25, 0.3) is 0 Å². The number of halogens is 1. The molecule has 1 saturated carbocycles. The minimum absolute atomic E-state index is 0.0804. The number of carbonyl (C=O) groups is 2. The molecule has 1 aliphatic carbocycles. The summed E-state index contributed by atoms with van der Waals surface area (Å²) >= 11 is 6.00. The Balaban J connectivity index is 2.18. The van der Waals surface area contributed by atoms with Crippen LogP contribution < -0.4 is 11.1 Å². The number of hydrogen-bond acceptors (Lipinski definition) is 3. The lowest BCUT2D eigenvalue weighted by Gasteiger charge is -2.27. The van der Waals surface area contributed by atoms with E-state index in [-0.39, 0.29) is 22.5 Å².